The summed E-state index contributed by atoms with van der Waals surface area (Å²) in [6, 6.07) is 4.27. The third-order valence-corrected chi connectivity index (χ3v) is 4.23. The first-order valence-electron chi connectivity index (χ1n) is 7.32. The quantitative estimate of drug-likeness (QED) is 0.921. The topological polar surface area (TPSA) is 50.8 Å². The molecule has 1 aromatic carbocycles. The largest absolute Gasteiger partial charge is 0.379 e. The van der Waals surface area contributed by atoms with Gasteiger partial charge in [0, 0.05) is 24.2 Å². The zero-order valence-electron chi connectivity index (χ0n) is 12.1. The van der Waals surface area contributed by atoms with Gasteiger partial charge in [0.2, 0.25) is 5.91 Å². The Balaban J connectivity index is 1.62. The lowest BCUT2D eigenvalue weighted by Crippen LogP contribution is -2.57. The number of rotatable bonds is 3. The van der Waals surface area contributed by atoms with Gasteiger partial charge in [0.25, 0.3) is 0 Å². The summed E-state index contributed by atoms with van der Waals surface area (Å²) < 4.78 is 24.7. The molecule has 2 aliphatic rings. The molecule has 1 amide bonds. The van der Waals surface area contributed by atoms with Crippen molar-refractivity contribution in [2.45, 2.75) is 18.6 Å². The van der Waals surface area contributed by atoms with E-state index in [9.17, 15) is 9.18 Å². The molecule has 2 aliphatic heterocycles. The monoisotopic (exact) mass is 328 g/mol. The van der Waals surface area contributed by atoms with Gasteiger partial charge in [-0.2, -0.15) is 0 Å². The van der Waals surface area contributed by atoms with Crippen LogP contribution < -0.4 is 5.32 Å². The van der Waals surface area contributed by atoms with Gasteiger partial charge >= 0.3 is 0 Å². The fourth-order valence-electron chi connectivity index (χ4n) is 2.93. The van der Waals surface area contributed by atoms with Crippen LogP contribution in [0.4, 0.5) is 10.1 Å². The number of benzene rings is 1. The maximum absolute atomic E-state index is 13.7. The molecule has 1 N–H and O–H groups in total. The summed E-state index contributed by atoms with van der Waals surface area (Å²) in [4.78, 5) is 14.3. The second-order valence-electron chi connectivity index (χ2n) is 5.48. The first kappa shape index (κ1) is 15.7. The van der Waals surface area contributed by atoms with Crippen LogP contribution in [-0.2, 0) is 14.3 Å². The first-order chi connectivity index (χ1) is 10.6. The van der Waals surface area contributed by atoms with Gasteiger partial charge in [-0.25, -0.2) is 4.39 Å². The third kappa shape index (κ3) is 3.57. The van der Waals surface area contributed by atoms with Gasteiger partial charge in [0.1, 0.15) is 5.82 Å². The van der Waals surface area contributed by atoms with E-state index in [1.807, 2.05) is 0 Å². The number of amides is 1. The number of halogens is 2. The van der Waals surface area contributed by atoms with E-state index in [1.54, 1.807) is 0 Å². The second-order valence-corrected chi connectivity index (χ2v) is 5.92. The number of nitrogens with one attached hydrogen (secondary N) is 1. The molecular formula is C15H18ClFN2O3. The van der Waals surface area contributed by atoms with Gasteiger partial charge in [0.05, 0.1) is 31.5 Å². The van der Waals surface area contributed by atoms with Crippen LogP contribution in [0.2, 0.25) is 5.02 Å². The lowest BCUT2D eigenvalue weighted by atomic mass is 10.0. The fourth-order valence-corrected chi connectivity index (χ4v) is 3.10. The molecule has 0 spiro atoms. The van der Waals surface area contributed by atoms with Crippen molar-refractivity contribution in [3.05, 3.63) is 29.0 Å². The zero-order valence-corrected chi connectivity index (χ0v) is 12.8. The number of nitrogens with zero attached hydrogens (tertiary/aromatic N) is 1. The smallest absolute Gasteiger partial charge is 0.238 e. The SMILES string of the molecule is O=C(CN1CCO[C@@H]2COCC[C@@H]21)Nc1cc(Cl)ccc1F. The number of carbonyl (C=O) groups is 1. The van der Waals surface area contributed by atoms with Crippen molar-refractivity contribution < 1.29 is 18.7 Å². The van der Waals surface area contributed by atoms with E-state index in [2.05, 4.69) is 10.2 Å². The highest BCUT2D eigenvalue weighted by molar-refractivity contribution is 6.30. The van der Waals surface area contributed by atoms with Crippen molar-refractivity contribution in [2.75, 3.05) is 38.2 Å². The number of hydrogen-bond donors (Lipinski definition) is 1. The van der Waals surface area contributed by atoms with E-state index in [4.69, 9.17) is 21.1 Å². The van der Waals surface area contributed by atoms with Crippen LogP contribution in [0.3, 0.4) is 0 Å². The molecule has 0 saturated carbocycles. The van der Waals surface area contributed by atoms with Crippen molar-refractivity contribution in [3.8, 4) is 0 Å². The Morgan fingerprint density at radius 1 is 1.45 bits per heavy atom. The van der Waals surface area contributed by atoms with Crippen LogP contribution >= 0.6 is 11.6 Å². The van der Waals surface area contributed by atoms with Crippen LogP contribution in [0.5, 0.6) is 0 Å². The van der Waals surface area contributed by atoms with Crippen molar-refractivity contribution >= 4 is 23.2 Å². The molecule has 5 nitrogen and oxygen atoms in total. The Morgan fingerprint density at radius 2 is 2.32 bits per heavy atom. The number of ether oxygens (including phenoxy) is 2. The number of morpholine rings is 1. The van der Waals surface area contributed by atoms with Crippen LogP contribution in [0, 0.1) is 5.82 Å². The van der Waals surface area contributed by atoms with Gasteiger partial charge in [-0.3, -0.25) is 9.69 Å². The minimum Gasteiger partial charge on any atom is -0.379 e. The third-order valence-electron chi connectivity index (χ3n) is 4.00. The molecule has 7 heteroatoms. The maximum Gasteiger partial charge on any atom is 0.238 e. The highest BCUT2D eigenvalue weighted by Crippen LogP contribution is 2.22. The van der Waals surface area contributed by atoms with Gasteiger partial charge in [-0.1, -0.05) is 11.6 Å². The summed E-state index contributed by atoms with van der Waals surface area (Å²) in [6.45, 7) is 2.70. The first-order valence-corrected chi connectivity index (χ1v) is 7.69. The molecule has 2 saturated heterocycles. The van der Waals surface area contributed by atoms with E-state index in [0.29, 0.717) is 31.4 Å². The highest BCUT2D eigenvalue weighted by Gasteiger charge is 2.35. The summed E-state index contributed by atoms with van der Waals surface area (Å²) in [6.07, 6.45) is 0.849. The molecule has 0 unspecified atom stereocenters. The molecule has 2 fully saturated rings. The Kier molecular flexibility index (Phi) is 4.93. The van der Waals surface area contributed by atoms with E-state index in [1.165, 1.54) is 18.2 Å². The molecule has 1 aromatic rings. The molecule has 2 heterocycles. The second kappa shape index (κ2) is 6.91. The van der Waals surface area contributed by atoms with Crippen molar-refractivity contribution in [2.24, 2.45) is 0 Å². The van der Waals surface area contributed by atoms with Gasteiger partial charge in [-0.15, -0.1) is 0 Å². The van der Waals surface area contributed by atoms with Gasteiger partial charge in [-0.05, 0) is 24.6 Å². The number of hydrogen-bond acceptors (Lipinski definition) is 4. The summed E-state index contributed by atoms with van der Waals surface area (Å²) in [5.41, 5.74) is 0.106. The lowest BCUT2D eigenvalue weighted by molar-refractivity contribution is -0.142. The predicted octanol–water partition coefficient (Wildman–Crippen LogP) is 1.91. The van der Waals surface area contributed by atoms with E-state index in [-0.39, 0.29) is 30.3 Å². The lowest BCUT2D eigenvalue weighted by Gasteiger charge is -2.43. The molecule has 120 valence electrons. The molecule has 0 aliphatic carbocycles. The molecule has 22 heavy (non-hydrogen) atoms. The fraction of sp³-hybridized carbons (Fsp3) is 0.533. The Hall–Kier alpha value is -1.21. The van der Waals surface area contributed by atoms with Gasteiger partial charge < -0.3 is 14.8 Å². The zero-order chi connectivity index (χ0) is 15.5. The van der Waals surface area contributed by atoms with Crippen LogP contribution in [0.15, 0.2) is 18.2 Å². The van der Waals surface area contributed by atoms with Crippen LogP contribution in [-0.4, -0.2) is 55.9 Å². The van der Waals surface area contributed by atoms with E-state index in [0.717, 1.165) is 6.42 Å². The molecule has 0 bridgehead atoms. The maximum atomic E-state index is 13.7. The van der Waals surface area contributed by atoms with Crippen LogP contribution in [0.1, 0.15) is 6.42 Å². The van der Waals surface area contributed by atoms with E-state index >= 15 is 0 Å². The summed E-state index contributed by atoms with van der Waals surface area (Å²) in [7, 11) is 0. The molecular weight excluding hydrogens is 311 g/mol. The summed E-state index contributed by atoms with van der Waals surface area (Å²) in [5, 5.41) is 2.96. The number of fused-ring (bicyclic) bond motifs is 1. The molecule has 0 aromatic heterocycles. The highest BCUT2D eigenvalue weighted by atomic mass is 35.5. The average molecular weight is 329 g/mol. The van der Waals surface area contributed by atoms with Gasteiger partial charge in [0.15, 0.2) is 0 Å². The minimum atomic E-state index is -0.497. The summed E-state index contributed by atoms with van der Waals surface area (Å²) >= 11 is 5.82. The van der Waals surface area contributed by atoms with Crippen molar-refractivity contribution in [3.63, 3.8) is 0 Å². The van der Waals surface area contributed by atoms with Crippen molar-refractivity contribution in [1.82, 2.24) is 4.90 Å². The average Bonchev–Trinajstić information content (AvgIpc) is 2.51. The number of carbonyl (C=O) groups excluding carboxylic acids is 1. The Morgan fingerprint density at radius 3 is 3.18 bits per heavy atom. The van der Waals surface area contributed by atoms with Crippen molar-refractivity contribution in [1.29, 1.82) is 0 Å². The predicted molar refractivity (Wildman–Crippen MR) is 80.6 cm³/mol. The molecule has 2 atom stereocenters. The van der Waals surface area contributed by atoms with Crippen LogP contribution in [0.25, 0.3) is 0 Å². The Labute approximate surface area is 133 Å². The Bertz CT molecular complexity index is 556. The summed E-state index contributed by atoms with van der Waals surface area (Å²) in [5.74, 6) is -0.753. The molecule has 3 rings (SSSR count). The standard InChI is InChI=1S/C15H18ClFN2O3/c16-10-1-2-11(17)12(7-10)18-15(20)8-19-4-6-22-14-9-21-5-3-13(14)19/h1-2,7,13-14H,3-6,8-9H2,(H,18,20)/t13-,14+/m0/s1. The molecule has 0 radical (unpaired) electrons. The van der Waals surface area contributed by atoms with E-state index < -0.39 is 5.82 Å². The minimum absolute atomic E-state index is 0.0122. The number of anilines is 1. The normalized spacial score (nSPS) is 25.5.